The third kappa shape index (κ3) is 3.41. The predicted molar refractivity (Wildman–Crippen MR) is 92.8 cm³/mol. The Morgan fingerprint density at radius 3 is 2.67 bits per heavy atom. The van der Waals surface area contributed by atoms with Crippen LogP contribution in [0, 0.1) is 0 Å². The molecule has 0 aliphatic heterocycles. The van der Waals surface area contributed by atoms with Crippen molar-refractivity contribution in [3.05, 3.63) is 42.5 Å². The van der Waals surface area contributed by atoms with Crippen molar-refractivity contribution >= 4 is 23.4 Å². The van der Waals surface area contributed by atoms with Gasteiger partial charge in [0.1, 0.15) is 10.3 Å². The molecule has 2 aromatic heterocycles. The van der Waals surface area contributed by atoms with E-state index in [2.05, 4.69) is 15.3 Å². The quantitative estimate of drug-likeness (QED) is 0.506. The number of hydrogen-bond donors (Lipinski definition) is 0. The van der Waals surface area contributed by atoms with Gasteiger partial charge in [-0.1, -0.05) is 49.0 Å². The molecule has 0 radical (unpaired) electrons. The van der Waals surface area contributed by atoms with E-state index in [1.54, 1.807) is 4.52 Å². The van der Waals surface area contributed by atoms with Crippen molar-refractivity contribution in [1.82, 2.24) is 19.8 Å². The maximum atomic E-state index is 12.0. The lowest BCUT2D eigenvalue weighted by Gasteiger charge is -2.12. The molecule has 0 fully saturated rings. The van der Waals surface area contributed by atoms with Gasteiger partial charge in [-0.05, 0) is 25.5 Å². The maximum absolute atomic E-state index is 12.0. The van der Waals surface area contributed by atoms with Gasteiger partial charge in [-0.2, -0.15) is 9.61 Å². The van der Waals surface area contributed by atoms with Crippen LogP contribution in [0.5, 0.6) is 0 Å². The van der Waals surface area contributed by atoms with Crippen molar-refractivity contribution in [1.29, 1.82) is 0 Å². The van der Waals surface area contributed by atoms with Gasteiger partial charge in [-0.15, -0.1) is 10.2 Å². The molecule has 0 saturated heterocycles. The molecule has 1 atom stereocenters. The summed E-state index contributed by atoms with van der Waals surface area (Å²) < 4.78 is 6.82. The molecule has 124 valence electrons. The molecule has 0 saturated carbocycles. The number of carbonyl (C=O) groups is 1. The summed E-state index contributed by atoms with van der Waals surface area (Å²) in [7, 11) is 0. The summed E-state index contributed by atoms with van der Waals surface area (Å²) in [6.45, 7) is 4.15. The molecule has 7 heteroatoms. The lowest BCUT2D eigenvalue weighted by molar-refractivity contribution is -0.142. The first kappa shape index (κ1) is 16.4. The van der Waals surface area contributed by atoms with E-state index >= 15 is 0 Å². The Balaban J connectivity index is 1.92. The SMILES string of the molecule is CCOC(=O)[C@H](CC)Sc1ccc2nnc(-c3ccccc3)n2n1. The molecule has 2 heterocycles. The zero-order valence-electron chi connectivity index (χ0n) is 13.5. The smallest absolute Gasteiger partial charge is 0.319 e. The van der Waals surface area contributed by atoms with Crippen LogP contribution in [0.25, 0.3) is 17.0 Å². The third-order valence-corrected chi connectivity index (χ3v) is 4.72. The standard InChI is InChI=1S/C17H18N4O2S/c1-3-13(17(22)23-4-2)24-15-11-10-14-18-19-16(21(14)20-15)12-8-6-5-7-9-12/h5-11,13H,3-4H2,1-2H3/t13-/m0/s1. The van der Waals surface area contributed by atoms with Crippen LogP contribution in [0.3, 0.4) is 0 Å². The average molecular weight is 342 g/mol. The van der Waals surface area contributed by atoms with E-state index < -0.39 is 0 Å². The summed E-state index contributed by atoms with van der Waals surface area (Å²) in [5.41, 5.74) is 1.61. The van der Waals surface area contributed by atoms with Gasteiger partial charge in [0.15, 0.2) is 11.5 Å². The molecular formula is C17H18N4O2S. The topological polar surface area (TPSA) is 69.4 Å². The van der Waals surface area contributed by atoms with E-state index in [1.807, 2.05) is 56.3 Å². The van der Waals surface area contributed by atoms with E-state index in [0.29, 0.717) is 24.5 Å². The van der Waals surface area contributed by atoms with Crippen LogP contribution < -0.4 is 0 Å². The number of rotatable bonds is 6. The van der Waals surface area contributed by atoms with Crippen LogP contribution in [0.4, 0.5) is 0 Å². The van der Waals surface area contributed by atoms with Crippen molar-refractivity contribution in [2.45, 2.75) is 30.5 Å². The summed E-state index contributed by atoms with van der Waals surface area (Å²) in [6, 6.07) is 13.5. The molecule has 3 rings (SSSR count). The Bertz CT molecular complexity index is 835. The molecule has 0 N–H and O–H groups in total. The second-order valence-corrected chi connectivity index (χ2v) is 6.32. The number of hydrogen-bond acceptors (Lipinski definition) is 6. The van der Waals surface area contributed by atoms with Gasteiger partial charge in [0.05, 0.1) is 6.61 Å². The maximum Gasteiger partial charge on any atom is 0.319 e. The number of thioether (sulfide) groups is 1. The van der Waals surface area contributed by atoms with Gasteiger partial charge in [0.25, 0.3) is 0 Å². The third-order valence-electron chi connectivity index (χ3n) is 3.45. The first-order valence-corrected chi connectivity index (χ1v) is 8.72. The number of aromatic nitrogens is 4. The van der Waals surface area contributed by atoms with Gasteiger partial charge < -0.3 is 4.74 Å². The highest BCUT2D eigenvalue weighted by molar-refractivity contribution is 8.00. The Kier molecular flexibility index (Phi) is 5.10. The molecule has 0 aliphatic carbocycles. The number of esters is 1. The largest absolute Gasteiger partial charge is 0.465 e. The molecule has 0 amide bonds. The number of benzene rings is 1. The van der Waals surface area contributed by atoms with Crippen molar-refractivity contribution in [3.63, 3.8) is 0 Å². The fourth-order valence-corrected chi connectivity index (χ4v) is 3.18. The van der Waals surface area contributed by atoms with E-state index in [4.69, 9.17) is 4.74 Å². The first-order chi connectivity index (χ1) is 11.7. The Morgan fingerprint density at radius 1 is 1.17 bits per heavy atom. The monoisotopic (exact) mass is 342 g/mol. The van der Waals surface area contributed by atoms with Crippen LogP contribution in [-0.2, 0) is 9.53 Å². The summed E-state index contributed by atoms with van der Waals surface area (Å²) in [4.78, 5) is 12.0. The molecule has 0 spiro atoms. The second kappa shape index (κ2) is 7.44. The first-order valence-electron chi connectivity index (χ1n) is 7.84. The summed E-state index contributed by atoms with van der Waals surface area (Å²) in [5.74, 6) is 0.469. The molecular weight excluding hydrogens is 324 g/mol. The number of nitrogens with zero attached hydrogens (tertiary/aromatic N) is 4. The lowest BCUT2D eigenvalue weighted by atomic mass is 10.2. The summed E-state index contributed by atoms with van der Waals surface area (Å²) in [6.07, 6.45) is 0.678. The minimum atomic E-state index is -0.272. The highest BCUT2D eigenvalue weighted by Gasteiger charge is 2.20. The fourth-order valence-electron chi connectivity index (χ4n) is 2.28. The van der Waals surface area contributed by atoms with E-state index in [9.17, 15) is 4.79 Å². The molecule has 6 nitrogen and oxygen atoms in total. The molecule has 0 unspecified atom stereocenters. The predicted octanol–water partition coefficient (Wildman–Crippen LogP) is 3.23. The van der Waals surface area contributed by atoms with Crippen molar-refractivity contribution in [3.8, 4) is 11.4 Å². The molecule has 3 aromatic rings. The van der Waals surface area contributed by atoms with Crippen LogP contribution in [0.1, 0.15) is 20.3 Å². The van der Waals surface area contributed by atoms with Gasteiger partial charge in [-0.25, -0.2) is 0 Å². The van der Waals surface area contributed by atoms with E-state index in [-0.39, 0.29) is 11.2 Å². The highest BCUT2D eigenvalue weighted by Crippen LogP contribution is 2.26. The zero-order valence-corrected chi connectivity index (χ0v) is 14.4. The van der Waals surface area contributed by atoms with Crippen molar-refractivity contribution in [2.75, 3.05) is 6.61 Å². The lowest BCUT2D eigenvalue weighted by Crippen LogP contribution is -2.19. The number of fused-ring (bicyclic) bond motifs is 1. The van der Waals surface area contributed by atoms with Crippen molar-refractivity contribution in [2.24, 2.45) is 0 Å². The summed E-state index contributed by atoms with van der Waals surface area (Å²) in [5, 5.41) is 13.4. The molecule has 0 bridgehead atoms. The number of carbonyl (C=O) groups excluding carboxylic acids is 1. The van der Waals surface area contributed by atoms with E-state index in [1.165, 1.54) is 11.8 Å². The second-order valence-electron chi connectivity index (χ2n) is 5.10. The summed E-state index contributed by atoms with van der Waals surface area (Å²) >= 11 is 1.40. The van der Waals surface area contributed by atoms with Crippen molar-refractivity contribution < 1.29 is 9.53 Å². The highest BCUT2D eigenvalue weighted by atomic mass is 32.2. The van der Waals surface area contributed by atoms with Crippen LogP contribution in [0.2, 0.25) is 0 Å². The zero-order chi connectivity index (χ0) is 16.9. The minimum Gasteiger partial charge on any atom is -0.465 e. The molecule has 0 aliphatic rings. The normalized spacial score (nSPS) is 12.2. The van der Waals surface area contributed by atoms with Gasteiger partial charge in [0, 0.05) is 5.56 Å². The Morgan fingerprint density at radius 2 is 1.96 bits per heavy atom. The average Bonchev–Trinajstić information content (AvgIpc) is 3.03. The number of ether oxygens (including phenoxy) is 1. The van der Waals surface area contributed by atoms with Crippen LogP contribution >= 0.6 is 11.8 Å². The van der Waals surface area contributed by atoms with Gasteiger partial charge >= 0.3 is 5.97 Å². The van der Waals surface area contributed by atoms with Crippen LogP contribution in [-0.4, -0.2) is 37.6 Å². The Labute approximate surface area is 144 Å². The Hall–Kier alpha value is -2.41. The van der Waals surface area contributed by atoms with E-state index in [0.717, 1.165) is 10.6 Å². The molecule has 1 aromatic carbocycles. The van der Waals surface area contributed by atoms with Gasteiger partial charge in [-0.3, -0.25) is 4.79 Å². The molecule has 24 heavy (non-hydrogen) atoms. The fraction of sp³-hybridized carbons (Fsp3) is 0.294. The van der Waals surface area contributed by atoms with Crippen LogP contribution in [0.15, 0.2) is 47.5 Å². The van der Waals surface area contributed by atoms with Gasteiger partial charge in [0.2, 0.25) is 0 Å². The minimum absolute atomic E-state index is 0.209.